The molecule has 0 heterocycles. The average molecular weight is 442 g/mol. The third kappa shape index (κ3) is 4.36. The highest BCUT2D eigenvalue weighted by Crippen LogP contribution is 2.52. The van der Waals surface area contributed by atoms with E-state index in [1.807, 2.05) is 0 Å². The van der Waals surface area contributed by atoms with Gasteiger partial charge in [0, 0.05) is 24.7 Å². The van der Waals surface area contributed by atoms with Crippen molar-refractivity contribution in [3.05, 3.63) is 0 Å². The van der Waals surface area contributed by atoms with Crippen molar-refractivity contribution in [3.8, 4) is 0 Å². The van der Waals surface area contributed by atoms with E-state index < -0.39 is 117 Å². The Labute approximate surface area is 162 Å². The summed E-state index contributed by atoms with van der Waals surface area (Å²) in [5, 5.41) is 0. The predicted octanol–water partition coefficient (Wildman–Crippen LogP) is 6.17. The van der Waals surface area contributed by atoms with Crippen LogP contribution in [0.3, 0.4) is 0 Å². The molecule has 0 nitrogen and oxygen atoms in total. The van der Waals surface area contributed by atoms with Crippen LogP contribution in [-0.2, 0) is 0 Å². The second-order valence-corrected chi connectivity index (χ2v) is 8.79. The van der Waals surface area contributed by atoms with E-state index in [0.29, 0.717) is 0 Å². The fraction of sp³-hybridized carbons (Fsp3) is 1.00. The molecule has 0 saturated heterocycles. The van der Waals surface area contributed by atoms with Crippen LogP contribution in [0.5, 0.6) is 0 Å². The molecular formula is C19H24F10. The van der Waals surface area contributed by atoms with E-state index >= 15 is 0 Å². The van der Waals surface area contributed by atoms with Gasteiger partial charge in [-0.25, -0.2) is 43.9 Å². The molecule has 29 heavy (non-hydrogen) atoms. The normalized spacial score (nSPS) is 52.3. The van der Waals surface area contributed by atoms with Gasteiger partial charge in [-0.2, -0.15) is 0 Å². The molecule has 3 aliphatic carbocycles. The van der Waals surface area contributed by atoms with Gasteiger partial charge >= 0.3 is 0 Å². The summed E-state index contributed by atoms with van der Waals surface area (Å²) in [6.07, 6.45) is -23.1. The van der Waals surface area contributed by atoms with Gasteiger partial charge in [0.05, 0.1) is 5.92 Å². The average Bonchev–Trinajstić information content (AvgIpc) is 2.57. The van der Waals surface area contributed by atoms with Crippen molar-refractivity contribution >= 4 is 0 Å². The molecular weight excluding hydrogens is 418 g/mol. The summed E-state index contributed by atoms with van der Waals surface area (Å²) in [4.78, 5) is 0. The molecule has 3 fully saturated rings. The zero-order valence-electron chi connectivity index (χ0n) is 15.5. The molecule has 10 heteroatoms. The van der Waals surface area contributed by atoms with Gasteiger partial charge in [-0.05, 0) is 31.6 Å². The monoisotopic (exact) mass is 442 g/mol. The Balaban J connectivity index is 1.72. The summed E-state index contributed by atoms with van der Waals surface area (Å²) in [6.45, 7) is 0. The SMILES string of the molecule is FC1CC(F)C(C(F)(F)C2CC(F)C(C3CC(F)C(F)C(F)C3)C(F)C2)C(F)C1. The molecule has 0 N–H and O–H groups in total. The maximum Gasteiger partial charge on any atom is 0.259 e. The van der Waals surface area contributed by atoms with Crippen molar-refractivity contribution in [2.45, 2.75) is 93.8 Å². The number of halogens is 10. The molecule has 3 rings (SSSR count). The van der Waals surface area contributed by atoms with Crippen LogP contribution in [0.4, 0.5) is 43.9 Å². The standard InChI is InChI=1S/C19H24F10/c20-9-5-12(23)17(13(24)6-9)19(28,29)8-3-10(21)16(11(22)4-8)7-1-14(25)18(27)15(26)2-7/h7-18H,1-6H2. The lowest BCUT2D eigenvalue weighted by atomic mass is 9.65. The van der Waals surface area contributed by atoms with Crippen LogP contribution in [0, 0.1) is 23.7 Å². The molecule has 6 unspecified atom stereocenters. The number of hydrogen-bond acceptors (Lipinski definition) is 0. The van der Waals surface area contributed by atoms with Gasteiger partial charge in [-0.1, -0.05) is 0 Å². The van der Waals surface area contributed by atoms with Gasteiger partial charge in [0.1, 0.15) is 43.2 Å². The third-order valence-corrected chi connectivity index (χ3v) is 6.88. The molecule has 0 radical (unpaired) electrons. The largest absolute Gasteiger partial charge is 0.259 e. The van der Waals surface area contributed by atoms with Crippen molar-refractivity contribution in [1.82, 2.24) is 0 Å². The smallest absolute Gasteiger partial charge is 0.247 e. The molecule has 0 aliphatic heterocycles. The fourth-order valence-electron chi connectivity index (χ4n) is 5.42. The zero-order chi connectivity index (χ0) is 21.7. The maximum atomic E-state index is 14.8. The Morgan fingerprint density at radius 3 is 1.41 bits per heavy atom. The Morgan fingerprint density at radius 2 is 0.966 bits per heavy atom. The highest BCUT2D eigenvalue weighted by Gasteiger charge is 2.60. The second-order valence-electron chi connectivity index (χ2n) is 8.79. The van der Waals surface area contributed by atoms with Crippen molar-refractivity contribution in [2.24, 2.45) is 23.7 Å². The third-order valence-electron chi connectivity index (χ3n) is 6.88. The van der Waals surface area contributed by atoms with Crippen molar-refractivity contribution < 1.29 is 43.9 Å². The van der Waals surface area contributed by atoms with Crippen LogP contribution >= 0.6 is 0 Å². The van der Waals surface area contributed by atoms with E-state index in [-0.39, 0.29) is 0 Å². The lowest BCUT2D eigenvalue weighted by molar-refractivity contribution is -0.191. The second kappa shape index (κ2) is 8.44. The van der Waals surface area contributed by atoms with Crippen LogP contribution in [0.25, 0.3) is 0 Å². The number of hydrogen-bond donors (Lipinski definition) is 0. The predicted molar refractivity (Wildman–Crippen MR) is 85.8 cm³/mol. The van der Waals surface area contributed by atoms with E-state index in [9.17, 15) is 43.9 Å². The molecule has 3 saturated carbocycles. The molecule has 0 aromatic carbocycles. The first-order valence-corrected chi connectivity index (χ1v) is 9.93. The minimum absolute atomic E-state index is 0.617. The van der Waals surface area contributed by atoms with Crippen LogP contribution in [-0.4, -0.2) is 55.3 Å². The first-order valence-electron chi connectivity index (χ1n) is 9.93. The van der Waals surface area contributed by atoms with Gasteiger partial charge in [0.2, 0.25) is 0 Å². The van der Waals surface area contributed by atoms with Crippen molar-refractivity contribution in [2.75, 3.05) is 0 Å². The van der Waals surface area contributed by atoms with Crippen molar-refractivity contribution in [1.29, 1.82) is 0 Å². The molecule has 6 atom stereocenters. The molecule has 3 aliphatic rings. The summed E-state index contributed by atoms with van der Waals surface area (Å²) in [6, 6.07) is 0. The Hall–Kier alpha value is -0.700. The minimum atomic E-state index is -4.11. The lowest BCUT2D eigenvalue weighted by Crippen LogP contribution is -2.54. The van der Waals surface area contributed by atoms with Gasteiger partial charge in [-0.3, -0.25) is 0 Å². The fourth-order valence-corrected chi connectivity index (χ4v) is 5.42. The Kier molecular flexibility index (Phi) is 6.69. The zero-order valence-corrected chi connectivity index (χ0v) is 15.5. The van der Waals surface area contributed by atoms with E-state index in [1.165, 1.54) is 0 Å². The summed E-state index contributed by atoms with van der Waals surface area (Å²) < 4.78 is 141. The van der Waals surface area contributed by atoms with Crippen LogP contribution in [0.15, 0.2) is 0 Å². The molecule has 0 aromatic heterocycles. The van der Waals surface area contributed by atoms with Crippen LogP contribution in [0.2, 0.25) is 0 Å². The summed E-state index contributed by atoms with van der Waals surface area (Å²) in [5.74, 6) is -11.4. The van der Waals surface area contributed by atoms with Gasteiger partial charge in [0.25, 0.3) is 5.92 Å². The first kappa shape index (κ1) is 23.0. The highest BCUT2D eigenvalue weighted by molar-refractivity contribution is 5.03. The van der Waals surface area contributed by atoms with Crippen LogP contribution < -0.4 is 0 Å². The topological polar surface area (TPSA) is 0 Å². The lowest BCUT2D eigenvalue weighted by Gasteiger charge is -2.46. The summed E-state index contributed by atoms with van der Waals surface area (Å²) >= 11 is 0. The van der Waals surface area contributed by atoms with Gasteiger partial charge in [0.15, 0.2) is 6.17 Å². The Bertz CT molecular complexity index is 523. The Morgan fingerprint density at radius 1 is 0.517 bits per heavy atom. The highest BCUT2D eigenvalue weighted by atomic mass is 19.3. The van der Waals surface area contributed by atoms with Crippen LogP contribution in [0.1, 0.15) is 38.5 Å². The van der Waals surface area contributed by atoms with Crippen molar-refractivity contribution in [3.63, 3.8) is 0 Å². The minimum Gasteiger partial charge on any atom is -0.247 e. The van der Waals surface area contributed by atoms with E-state index in [4.69, 9.17) is 0 Å². The first-order chi connectivity index (χ1) is 13.4. The molecule has 0 aromatic rings. The van der Waals surface area contributed by atoms with E-state index in [0.717, 1.165) is 0 Å². The molecule has 170 valence electrons. The number of rotatable bonds is 3. The van der Waals surface area contributed by atoms with Gasteiger partial charge < -0.3 is 0 Å². The van der Waals surface area contributed by atoms with Gasteiger partial charge in [-0.15, -0.1) is 0 Å². The quantitative estimate of drug-likeness (QED) is 0.459. The van der Waals surface area contributed by atoms with E-state index in [2.05, 4.69) is 0 Å². The molecule has 0 spiro atoms. The van der Waals surface area contributed by atoms with E-state index in [1.54, 1.807) is 0 Å². The molecule has 0 amide bonds. The molecule has 0 bridgehead atoms. The maximum absolute atomic E-state index is 14.8. The summed E-state index contributed by atoms with van der Waals surface area (Å²) in [7, 11) is 0. The summed E-state index contributed by atoms with van der Waals surface area (Å²) in [5.41, 5.74) is 0. The number of alkyl halides is 10.